The molecule has 0 aliphatic heterocycles. The first-order valence-electron chi connectivity index (χ1n) is 5.82. The molecular weight excluding hydrogens is 285 g/mol. The second kappa shape index (κ2) is 5.37. The number of nitrogens with two attached hydrogens (primary N) is 2. The summed E-state index contributed by atoms with van der Waals surface area (Å²) in [4.78, 5) is 10.4. The first-order valence-corrected chi connectivity index (χ1v) is 7.31. The van der Waals surface area contributed by atoms with E-state index in [0.29, 0.717) is 0 Å². The number of sulfonamides is 1. The number of carbonyl (C=O) groups is 1. The maximum absolute atomic E-state index is 13.9. The van der Waals surface area contributed by atoms with Crippen molar-refractivity contribution in [3.63, 3.8) is 0 Å². The van der Waals surface area contributed by atoms with Gasteiger partial charge in [0.05, 0.1) is 0 Å². The molecule has 1 rings (SSSR count). The number of aryl methyl sites for hydroxylation is 1. The Morgan fingerprint density at radius 1 is 1.40 bits per heavy atom. The van der Waals surface area contributed by atoms with E-state index >= 15 is 0 Å². The average Bonchev–Trinajstić information content (AvgIpc) is 2.19. The number of amides is 1. The molecule has 6 nitrogen and oxygen atoms in total. The molecule has 1 amide bonds. The van der Waals surface area contributed by atoms with Gasteiger partial charge in [0.1, 0.15) is 10.7 Å². The van der Waals surface area contributed by atoms with Crippen LogP contribution in [0.15, 0.2) is 17.0 Å². The molecule has 0 saturated heterocycles. The summed E-state index contributed by atoms with van der Waals surface area (Å²) in [6.07, 6.45) is -0.213. The molecular formula is C12H18FN3O3S. The van der Waals surface area contributed by atoms with E-state index < -0.39 is 32.2 Å². The minimum Gasteiger partial charge on any atom is -0.399 e. The Morgan fingerprint density at radius 3 is 2.45 bits per heavy atom. The lowest BCUT2D eigenvalue weighted by Crippen LogP contribution is -2.46. The number of benzene rings is 1. The second-order valence-electron chi connectivity index (χ2n) is 5.28. The first-order chi connectivity index (χ1) is 8.94. The lowest BCUT2D eigenvalue weighted by Gasteiger charge is -2.24. The van der Waals surface area contributed by atoms with Crippen molar-refractivity contribution in [3.8, 4) is 0 Å². The predicted molar refractivity (Wildman–Crippen MR) is 73.8 cm³/mol. The number of rotatable bonds is 5. The van der Waals surface area contributed by atoms with Crippen LogP contribution in [-0.4, -0.2) is 19.9 Å². The van der Waals surface area contributed by atoms with Crippen LogP contribution in [0, 0.1) is 12.7 Å². The van der Waals surface area contributed by atoms with Crippen molar-refractivity contribution >= 4 is 21.6 Å². The van der Waals surface area contributed by atoms with Crippen LogP contribution in [0.3, 0.4) is 0 Å². The summed E-state index contributed by atoms with van der Waals surface area (Å²) < 4.78 is 40.6. The zero-order valence-corrected chi connectivity index (χ0v) is 12.3. The standard InChI is InChI=1S/C12H18FN3O3S/c1-7-4-8(14)5-9(11(7)13)20(18,19)16-12(2,3)6-10(15)17/h4-5,16H,6,14H2,1-3H3,(H2,15,17). The average molecular weight is 303 g/mol. The Balaban J connectivity index is 3.22. The third-order valence-electron chi connectivity index (χ3n) is 2.56. The molecule has 0 aromatic heterocycles. The third kappa shape index (κ3) is 3.91. The molecule has 0 unspecified atom stereocenters. The number of carbonyl (C=O) groups excluding carboxylic acids is 1. The number of nitrogens with one attached hydrogen (secondary N) is 1. The highest BCUT2D eigenvalue weighted by Gasteiger charge is 2.30. The van der Waals surface area contributed by atoms with Gasteiger partial charge in [-0.2, -0.15) is 0 Å². The van der Waals surface area contributed by atoms with Crippen LogP contribution in [0.4, 0.5) is 10.1 Å². The van der Waals surface area contributed by atoms with E-state index in [4.69, 9.17) is 11.5 Å². The Hall–Kier alpha value is -1.67. The van der Waals surface area contributed by atoms with Gasteiger partial charge in [0.25, 0.3) is 0 Å². The van der Waals surface area contributed by atoms with Crippen LogP contribution >= 0.6 is 0 Å². The highest BCUT2D eigenvalue weighted by atomic mass is 32.2. The molecule has 1 aromatic rings. The van der Waals surface area contributed by atoms with E-state index in [1.54, 1.807) is 0 Å². The van der Waals surface area contributed by atoms with E-state index in [1.165, 1.54) is 26.8 Å². The highest BCUT2D eigenvalue weighted by molar-refractivity contribution is 7.89. The van der Waals surface area contributed by atoms with Crippen LogP contribution < -0.4 is 16.2 Å². The summed E-state index contributed by atoms with van der Waals surface area (Å²) in [5, 5.41) is 0. The third-order valence-corrected chi connectivity index (χ3v) is 4.26. The maximum Gasteiger partial charge on any atom is 0.244 e. The van der Waals surface area contributed by atoms with Crippen LogP contribution in [-0.2, 0) is 14.8 Å². The van der Waals surface area contributed by atoms with Gasteiger partial charge in [0.15, 0.2) is 0 Å². The molecule has 0 atom stereocenters. The number of anilines is 1. The van der Waals surface area contributed by atoms with Gasteiger partial charge in [-0.05, 0) is 38.5 Å². The van der Waals surface area contributed by atoms with Crippen molar-refractivity contribution in [2.75, 3.05) is 5.73 Å². The van der Waals surface area contributed by atoms with Crippen molar-refractivity contribution < 1.29 is 17.6 Å². The molecule has 0 spiro atoms. The van der Waals surface area contributed by atoms with Crippen LogP contribution in [0.5, 0.6) is 0 Å². The number of halogens is 1. The normalized spacial score (nSPS) is 12.4. The minimum atomic E-state index is -4.15. The molecule has 0 heterocycles. The molecule has 0 saturated carbocycles. The van der Waals surface area contributed by atoms with Gasteiger partial charge in [-0.1, -0.05) is 0 Å². The number of hydrogen-bond acceptors (Lipinski definition) is 4. The first kappa shape index (κ1) is 16.4. The zero-order chi connectivity index (χ0) is 15.7. The Labute approximate surface area is 117 Å². The summed E-state index contributed by atoms with van der Waals surface area (Å²) >= 11 is 0. The second-order valence-corrected chi connectivity index (χ2v) is 6.93. The molecule has 0 fully saturated rings. The van der Waals surface area contributed by atoms with Crippen LogP contribution in [0.1, 0.15) is 25.8 Å². The van der Waals surface area contributed by atoms with Crippen molar-refractivity contribution in [2.24, 2.45) is 5.73 Å². The van der Waals surface area contributed by atoms with Gasteiger partial charge in [-0.15, -0.1) is 0 Å². The summed E-state index contributed by atoms with van der Waals surface area (Å²) in [6, 6.07) is 2.37. The summed E-state index contributed by atoms with van der Waals surface area (Å²) in [6.45, 7) is 4.37. The molecule has 0 bridgehead atoms. The monoisotopic (exact) mass is 303 g/mol. The maximum atomic E-state index is 13.9. The van der Waals surface area contributed by atoms with Crippen LogP contribution in [0.2, 0.25) is 0 Å². The van der Waals surface area contributed by atoms with E-state index in [2.05, 4.69) is 4.72 Å². The lowest BCUT2D eigenvalue weighted by atomic mass is 10.0. The van der Waals surface area contributed by atoms with E-state index in [1.807, 2.05) is 0 Å². The van der Waals surface area contributed by atoms with Crippen LogP contribution in [0.25, 0.3) is 0 Å². The van der Waals surface area contributed by atoms with Gasteiger partial charge >= 0.3 is 0 Å². The number of hydrogen-bond donors (Lipinski definition) is 3. The molecule has 20 heavy (non-hydrogen) atoms. The summed E-state index contributed by atoms with van der Waals surface area (Å²) in [7, 11) is -4.15. The topological polar surface area (TPSA) is 115 Å². The number of nitrogen functional groups attached to an aromatic ring is 1. The van der Waals surface area contributed by atoms with E-state index in [0.717, 1.165) is 6.07 Å². The molecule has 0 aliphatic rings. The Bertz CT molecular complexity index is 642. The van der Waals surface area contributed by atoms with Crippen molar-refractivity contribution in [1.29, 1.82) is 0 Å². The van der Waals surface area contributed by atoms with Gasteiger partial charge in [0, 0.05) is 17.6 Å². The lowest BCUT2D eigenvalue weighted by molar-refractivity contribution is -0.119. The quantitative estimate of drug-likeness (QED) is 0.692. The molecule has 5 N–H and O–H groups in total. The fourth-order valence-electron chi connectivity index (χ4n) is 1.85. The SMILES string of the molecule is Cc1cc(N)cc(S(=O)(=O)NC(C)(C)CC(N)=O)c1F. The Kier molecular flexibility index (Phi) is 4.40. The Morgan fingerprint density at radius 2 is 1.95 bits per heavy atom. The predicted octanol–water partition coefficient (Wildman–Crippen LogP) is 0.649. The summed E-state index contributed by atoms with van der Waals surface area (Å²) in [5.41, 5.74) is 9.71. The highest BCUT2D eigenvalue weighted by Crippen LogP contribution is 2.23. The molecule has 0 aliphatic carbocycles. The van der Waals surface area contributed by atoms with Gasteiger partial charge in [-0.3, -0.25) is 4.79 Å². The molecule has 112 valence electrons. The van der Waals surface area contributed by atoms with Gasteiger partial charge in [-0.25, -0.2) is 17.5 Å². The van der Waals surface area contributed by atoms with E-state index in [9.17, 15) is 17.6 Å². The van der Waals surface area contributed by atoms with Gasteiger partial charge < -0.3 is 11.5 Å². The molecule has 8 heteroatoms. The van der Waals surface area contributed by atoms with Crippen molar-refractivity contribution in [2.45, 2.75) is 37.6 Å². The van der Waals surface area contributed by atoms with E-state index in [-0.39, 0.29) is 17.7 Å². The minimum absolute atomic E-state index is 0.123. The number of primary amides is 1. The largest absolute Gasteiger partial charge is 0.399 e. The fourth-order valence-corrected chi connectivity index (χ4v) is 3.45. The summed E-state index contributed by atoms with van der Waals surface area (Å²) in [5.74, 6) is -1.54. The molecule has 0 radical (unpaired) electrons. The fraction of sp³-hybridized carbons (Fsp3) is 0.417. The zero-order valence-electron chi connectivity index (χ0n) is 11.5. The van der Waals surface area contributed by atoms with Crippen molar-refractivity contribution in [3.05, 3.63) is 23.5 Å². The van der Waals surface area contributed by atoms with Gasteiger partial charge in [0.2, 0.25) is 15.9 Å². The van der Waals surface area contributed by atoms with Crippen molar-refractivity contribution in [1.82, 2.24) is 4.72 Å². The smallest absolute Gasteiger partial charge is 0.244 e. The molecule has 1 aromatic carbocycles.